The Hall–Kier alpha value is -2.69. The summed E-state index contributed by atoms with van der Waals surface area (Å²) in [7, 11) is 0. The summed E-state index contributed by atoms with van der Waals surface area (Å²) in [6.07, 6.45) is 10.0. The molecule has 1 heterocycles. The summed E-state index contributed by atoms with van der Waals surface area (Å²) in [5, 5.41) is 8.81. The van der Waals surface area contributed by atoms with Gasteiger partial charge in [-0.3, -0.25) is 4.99 Å². The largest absolute Gasteiger partial charge is 0.404 e. The number of fused-ring (bicyclic) bond motifs is 3. The highest BCUT2D eigenvalue weighted by Gasteiger charge is 2.21. The molecule has 0 unspecified atom stereocenters. The smallest absolute Gasteiger partial charge is 0.0774 e. The zero-order chi connectivity index (χ0) is 17.8. The van der Waals surface area contributed by atoms with Gasteiger partial charge in [0.2, 0.25) is 0 Å². The summed E-state index contributed by atoms with van der Waals surface area (Å²) in [4.78, 5) is 9.33. The fourth-order valence-electron chi connectivity index (χ4n) is 3.53. The Kier molecular flexibility index (Phi) is 5.12. The van der Waals surface area contributed by atoms with Crippen LogP contribution in [0.5, 0.6) is 0 Å². The zero-order valence-electron chi connectivity index (χ0n) is 14.7. The molecule has 0 saturated carbocycles. The molecule has 1 aliphatic rings. The summed E-state index contributed by atoms with van der Waals surface area (Å²) >= 11 is 0. The first-order valence-electron chi connectivity index (χ1n) is 8.87. The Bertz CT molecular complexity index is 864. The molecule has 1 aromatic heterocycles. The van der Waals surface area contributed by atoms with Crippen molar-refractivity contribution in [3.63, 3.8) is 0 Å². The van der Waals surface area contributed by atoms with Gasteiger partial charge in [0, 0.05) is 47.4 Å². The maximum Gasteiger partial charge on any atom is 0.0774 e. The van der Waals surface area contributed by atoms with Crippen LogP contribution in [0, 0.1) is 5.41 Å². The average molecular weight is 335 g/mol. The molecular formula is C20H25N5. The number of aliphatic imine (C=N–C) groups is 1. The molecule has 25 heavy (non-hydrogen) atoms. The number of aryl methyl sites for hydroxylation is 1. The minimum atomic E-state index is 0.629. The number of pyridine rings is 1. The van der Waals surface area contributed by atoms with E-state index in [0.717, 1.165) is 66.4 Å². The molecule has 0 amide bonds. The van der Waals surface area contributed by atoms with Gasteiger partial charge in [-0.2, -0.15) is 0 Å². The Morgan fingerprint density at radius 3 is 2.72 bits per heavy atom. The number of nitrogens with one attached hydrogen (secondary N) is 1. The van der Waals surface area contributed by atoms with Gasteiger partial charge in [-0.05, 0) is 55.4 Å². The van der Waals surface area contributed by atoms with Crippen molar-refractivity contribution >= 4 is 34.6 Å². The number of nitrogens with two attached hydrogens (primary N) is 2. The predicted molar refractivity (Wildman–Crippen MR) is 106 cm³/mol. The maximum atomic E-state index is 7.79. The van der Waals surface area contributed by atoms with Crippen LogP contribution in [-0.4, -0.2) is 24.0 Å². The molecule has 0 aliphatic heterocycles. The average Bonchev–Trinajstić information content (AvgIpc) is 2.65. The Balaban J connectivity index is 2.28. The van der Waals surface area contributed by atoms with Gasteiger partial charge in [-0.15, -0.1) is 0 Å². The van der Waals surface area contributed by atoms with Crippen LogP contribution in [0.25, 0.3) is 16.5 Å². The van der Waals surface area contributed by atoms with Crippen molar-refractivity contribution in [2.75, 3.05) is 12.3 Å². The van der Waals surface area contributed by atoms with E-state index in [0.29, 0.717) is 5.69 Å². The van der Waals surface area contributed by atoms with Gasteiger partial charge >= 0.3 is 0 Å². The molecule has 2 aromatic rings. The normalized spacial score (nSPS) is 14.8. The summed E-state index contributed by atoms with van der Waals surface area (Å²) in [6, 6.07) is 3.76. The van der Waals surface area contributed by atoms with Crippen LogP contribution >= 0.6 is 0 Å². The fraction of sp³-hybridized carbons (Fsp3) is 0.350. The number of benzene rings is 1. The lowest BCUT2D eigenvalue weighted by Gasteiger charge is -2.22. The molecule has 130 valence electrons. The quantitative estimate of drug-likeness (QED) is 0.576. The van der Waals surface area contributed by atoms with Gasteiger partial charge in [0.05, 0.1) is 11.2 Å². The molecule has 1 aliphatic carbocycles. The highest BCUT2D eigenvalue weighted by Crippen LogP contribution is 2.35. The third kappa shape index (κ3) is 3.14. The van der Waals surface area contributed by atoms with Crippen molar-refractivity contribution in [1.29, 1.82) is 5.41 Å². The standard InChI is InChI=1S/C20H25N5/c1-2-9-24-12-13(10-21)20-15-6-4-3-5-14(15)19-16(11-22)17(23)7-8-18(19)25-20/h7-8,10-12,22H,2-6,9,21,23H2,1H3/b13-10+,22-11?,24-12?. The van der Waals surface area contributed by atoms with Crippen molar-refractivity contribution in [2.24, 2.45) is 10.7 Å². The highest BCUT2D eigenvalue weighted by atomic mass is 14.8. The van der Waals surface area contributed by atoms with Crippen LogP contribution in [0.2, 0.25) is 0 Å². The Morgan fingerprint density at radius 2 is 2.04 bits per heavy atom. The number of aromatic nitrogens is 1. The van der Waals surface area contributed by atoms with Gasteiger partial charge in [0.1, 0.15) is 0 Å². The summed E-state index contributed by atoms with van der Waals surface area (Å²) in [5.74, 6) is 0. The van der Waals surface area contributed by atoms with Crippen molar-refractivity contribution in [1.82, 2.24) is 4.98 Å². The van der Waals surface area contributed by atoms with E-state index < -0.39 is 0 Å². The molecule has 0 atom stereocenters. The second-order valence-corrected chi connectivity index (χ2v) is 6.39. The topological polar surface area (TPSA) is 101 Å². The second kappa shape index (κ2) is 7.47. The minimum absolute atomic E-state index is 0.629. The van der Waals surface area contributed by atoms with Gasteiger partial charge in [0.25, 0.3) is 0 Å². The molecule has 0 fully saturated rings. The van der Waals surface area contributed by atoms with Crippen LogP contribution in [0.4, 0.5) is 5.69 Å². The molecule has 0 spiro atoms. The molecule has 0 bridgehead atoms. The fourth-order valence-corrected chi connectivity index (χ4v) is 3.53. The van der Waals surface area contributed by atoms with E-state index in [1.165, 1.54) is 17.3 Å². The van der Waals surface area contributed by atoms with E-state index in [9.17, 15) is 0 Å². The number of hydrogen-bond donors (Lipinski definition) is 3. The van der Waals surface area contributed by atoms with Crippen LogP contribution in [0.3, 0.4) is 0 Å². The molecule has 0 saturated heterocycles. The summed E-state index contributed by atoms with van der Waals surface area (Å²) in [6.45, 7) is 2.88. The van der Waals surface area contributed by atoms with Crippen LogP contribution < -0.4 is 11.5 Å². The lowest BCUT2D eigenvalue weighted by atomic mass is 9.85. The van der Waals surface area contributed by atoms with Crippen LogP contribution in [-0.2, 0) is 12.8 Å². The predicted octanol–water partition coefficient (Wildman–Crippen LogP) is 3.47. The number of anilines is 1. The molecular weight excluding hydrogens is 310 g/mol. The van der Waals surface area contributed by atoms with E-state index in [4.69, 9.17) is 21.9 Å². The highest BCUT2D eigenvalue weighted by molar-refractivity contribution is 6.11. The molecule has 5 nitrogen and oxygen atoms in total. The number of allylic oxidation sites excluding steroid dienone is 1. The molecule has 1 aromatic carbocycles. The molecule has 5 heteroatoms. The third-order valence-electron chi connectivity index (χ3n) is 4.73. The van der Waals surface area contributed by atoms with E-state index in [1.807, 2.05) is 18.3 Å². The first kappa shape index (κ1) is 17.1. The third-order valence-corrected chi connectivity index (χ3v) is 4.73. The Labute approximate surface area is 148 Å². The first-order valence-corrected chi connectivity index (χ1v) is 8.87. The summed E-state index contributed by atoms with van der Waals surface area (Å²) < 4.78 is 0. The monoisotopic (exact) mass is 335 g/mol. The van der Waals surface area contributed by atoms with Crippen LogP contribution in [0.15, 0.2) is 23.3 Å². The molecule has 5 N–H and O–H groups in total. The first-order chi connectivity index (χ1) is 12.2. The van der Waals surface area contributed by atoms with E-state index in [-0.39, 0.29) is 0 Å². The van der Waals surface area contributed by atoms with Gasteiger partial charge < -0.3 is 16.9 Å². The molecule has 0 radical (unpaired) electrons. The van der Waals surface area contributed by atoms with E-state index >= 15 is 0 Å². The summed E-state index contributed by atoms with van der Waals surface area (Å²) in [5.41, 5.74) is 18.5. The van der Waals surface area contributed by atoms with Crippen molar-refractivity contribution in [2.45, 2.75) is 39.0 Å². The van der Waals surface area contributed by atoms with Crippen molar-refractivity contribution in [3.8, 4) is 0 Å². The Morgan fingerprint density at radius 1 is 1.28 bits per heavy atom. The number of nitrogen functional groups attached to an aromatic ring is 1. The zero-order valence-corrected chi connectivity index (χ0v) is 14.7. The van der Waals surface area contributed by atoms with Gasteiger partial charge in [-0.1, -0.05) is 6.92 Å². The lowest BCUT2D eigenvalue weighted by molar-refractivity contribution is 0.686. The van der Waals surface area contributed by atoms with Gasteiger partial charge in [-0.25, -0.2) is 4.98 Å². The lowest BCUT2D eigenvalue weighted by Crippen LogP contribution is -2.12. The number of rotatable bonds is 5. The van der Waals surface area contributed by atoms with Gasteiger partial charge in [0.15, 0.2) is 0 Å². The minimum Gasteiger partial charge on any atom is -0.404 e. The van der Waals surface area contributed by atoms with E-state index in [1.54, 1.807) is 6.20 Å². The molecule has 3 rings (SSSR count). The van der Waals surface area contributed by atoms with Crippen molar-refractivity contribution < 1.29 is 0 Å². The maximum absolute atomic E-state index is 7.79. The van der Waals surface area contributed by atoms with E-state index in [2.05, 4.69) is 11.9 Å². The second-order valence-electron chi connectivity index (χ2n) is 6.39. The number of nitrogens with zero attached hydrogens (tertiary/aromatic N) is 2. The number of hydrogen-bond acceptors (Lipinski definition) is 5. The SMILES string of the molecule is CCCN=C/C(=C\N)c1nc2ccc(N)c(C=N)c2c2c1CCCC2. The van der Waals surface area contributed by atoms with Crippen molar-refractivity contribution in [3.05, 3.63) is 40.7 Å². The van der Waals surface area contributed by atoms with Crippen LogP contribution in [0.1, 0.15) is 48.6 Å².